The quantitative estimate of drug-likeness (QED) is 0.653. The molecule has 0 radical (unpaired) electrons. The number of hydrogen-bond acceptors (Lipinski definition) is 0. The minimum atomic E-state index is 1.14. The molecule has 20 heavy (non-hydrogen) atoms. The molecule has 0 spiro atoms. The summed E-state index contributed by atoms with van der Waals surface area (Å²) in [5.74, 6) is 0. The first-order valence-electron chi connectivity index (χ1n) is 8.10. The average Bonchev–Trinajstić information content (AvgIpc) is 2.99. The van der Waals surface area contributed by atoms with Gasteiger partial charge in [-0.05, 0) is 71.9 Å². The molecule has 0 heteroatoms. The second kappa shape index (κ2) is 4.77. The Morgan fingerprint density at radius 3 is 2.85 bits per heavy atom. The van der Waals surface area contributed by atoms with Crippen LogP contribution in [-0.4, -0.2) is 0 Å². The molecule has 3 aliphatic rings. The van der Waals surface area contributed by atoms with Gasteiger partial charge in [0.05, 0.1) is 0 Å². The summed E-state index contributed by atoms with van der Waals surface area (Å²) in [6.45, 7) is 2.28. The Morgan fingerprint density at radius 1 is 1.10 bits per heavy atom. The summed E-state index contributed by atoms with van der Waals surface area (Å²) < 4.78 is 0. The van der Waals surface area contributed by atoms with Crippen LogP contribution in [-0.2, 0) is 6.42 Å². The second-order valence-corrected chi connectivity index (χ2v) is 6.31. The van der Waals surface area contributed by atoms with Crippen molar-refractivity contribution < 1.29 is 0 Å². The lowest BCUT2D eigenvalue weighted by Gasteiger charge is -2.20. The smallest absolute Gasteiger partial charge is 0.00547 e. The number of benzene rings is 1. The summed E-state index contributed by atoms with van der Waals surface area (Å²) >= 11 is 0. The van der Waals surface area contributed by atoms with Gasteiger partial charge < -0.3 is 0 Å². The molecule has 0 nitrogen and oxygen atoms in total. The largest absolute Gasteiger partial charge is 0.0798 e. The molecule has 0 heterocycles. The van der Waals surface area contributed by atoms with Crippen LogP contribution in [0.25, 0.3) is 11.1 Å². The van der Waals surface area contributed by atoms with E-state index in [1.165, 1.54) is 38.5 Å². The fourth-order valence-corrected chi connectivity index (χ4v) is 3.94. The van der Waals surface area contributed by atoms with Crippen molar-refractivity contribution in [2.45, 2.75) is 51.9 Å². The molecule has 0 amide bonds. The molecule has 3 aliphatic carbocycles. The van der Waals surface area contributed by atoms with Crippen molar-refractivity contribution >= 4 is 11.1 Å². The Kier molecular flexibility index (Phi) is 2.91. The van der Waals surface area contributed by atoms with E-state index >= 15 is 0 Å². The summed E-state index contributed by atoms with van der Waals surface area (Å²) in [6.07, 6.45) is 13.6. The van der Waals surface area contributed by atoms with Crippen molar-refractivity contribution in [3.05, 3.63) is 58.2 Å². The van der Waals surface area contributed by atoms with Gasteiger partial charge in [-0.2, -0.15) is 0 Å². The Hall–Kier alpha value is -1.56. The highest BCUT2D eigenvalue weighted by molar-refractivity contribution is 5.90. The standard InChI is InChI=1S/C20H22/c1-2-3-6-14-7-4-9-17(14)19-10-5-8-16-13-15-11-12-18(15)20(16)19/h4-5,7-8,10H,2-3,6,9,11-13H2,1H3. The molecule has 4 rings (SSSR count). The van der Waals surface area contributed by atoms with Crippen LogP contribution in [0.3, 0.4) is 0 Å². The van der Waals surface area contributed by atoms with E-state index in [4.69, 9.17) is 0 Å². The molecule has 1 aromatic carbocycles. The highest BCUT2D eigenvalue weighted by atomic mass is 14.3. The Balaban J connectivity index is 1.79. The maximum absolute atomic E-state index is 2.37. The molecule has 0 aromatic heterocycles. The molecule has 0 bridgehead atoms. The van der Waals surface area contributed by atoms with Gasteiger partial charge in [0.2, 0.25) is 0 Å². The summed E-state index contributed by atoms with van der Waals surface area (Å²) in [5.41, 5.74) is 11.3. The maximum Gasteiger partial charge on any atom is -0.00547 e. The van der Waals surface area contributed by atoms with E-state index in [1.54, 1.807) is 39.0 Å². The fourth-order valence-electron chi connectivity index (χ4n) is 3.94. The summed E-state index contributed by atoms with van der Waals surface area (Å²) in [7, 11) is 0. The summed E-state index contributed by atoms with van der Waals surface area (Å²) in [4.78, 5) is 0. The fraction of sp³-hybridized carbons (Fsp3) is 0.400. The first kappa shape index (κ1) is 12.2. The zero-order chi connectivity index (χ0) is 13.5. The average molecular weight is 262 g/mol. The van der Waals surface area contributed by atoms with Crippen LogP contribution in [0, 0.1) is 0 Å². The van der Waals surface area contributed by atoms with Crippen molar-refractivity contribution in [3.63, 3.8) is 0 Å². The Labute approximate surface area is 121 Å². The van der Waals surface area contributed by atoms with Crippen molar-refractivity contribution in [1.29, 1.82) is 0 Å². The van der Waals surface area contributed by atoms with E-state index in [1.807, 2.05) is 0 Å². The van der Waals surface area contributed by atoms with Gasteiger partial charge in [0.1, 0.15) is 0 Å². The van der Waals surface area contributed by atoms with Crippen LogP contribution in [0.5, 0.6) is 0 Å². The van der Waals surface area contributed by atoms with Gasteiger partial charge in [-0.15, -0.1) is 0 Å². The molecule has 0 fully saturated rings. The van der Waals surface area contributed by atoms with Crippen molar-refractivity contribution in [1.82, 2.24) is 0 Å². The molecule has 0 saturated carbocycles. The number of unbranched alkanes of at least 4 members (excludes halogenated alkanes) is 1. The third kappa shape index (κ3) is 1.74. The topological polar surface area (TPSA) is 0 Å². The van der Waals surface area contributed by atoms with E-state index in [-0.39, 0.29) is 0 Å². The lowest BCUT2D eigenvalue weighted by atomic mass is 9.84. The van der Waals surface area contributed by atoms with E-state index in [0.29, 0.717) is 0 Å². The minimum absolute atomic E-state index is 1.14. The van der Waals surface area contributed by atoms with Crippen LogP contribution < -0.4 is 0 Å². The highest BCUT2D eigenvalue weighted by Gasteiger charge is 2.30. The molecule has 0 saturated heterocycles. The van der Waals surface area contributed by atoms with E-state index in [0.717, 1.165) is 6.42 Å². The summed E-state index contributed by atoms with van der Waals surface area (Å²) in [6, 6.07) is 6.97. The molecular weight excluding hydrogens is 240 g/mol. The van der Waals surface area contributed by atoms with E-state index in [2.05, 4.69) is 37.3 Å². The predicted molar refractivity (Wildman–Crippen MR) is 86.5 cm³/mol. The molecular formula is C20H22. The lowest BCUT2D eigenvalue weighted by molar-refractivity contribution is 0.800. The summed E-state index contributed by atoms with van der Waals surface area (Å²) in [5, 5.41) is 0. The third-order valence-corrected chi connectivity index (χ3v) is 5.11. The van der Waals surface area contributed by atoms with Crippen LogP contribution in [0.2, 0.25) is 0 Å². The zero-order valence-electron chi connectivity index (χ0n) is 12.3. The van der Waals surface area contributed by atoms with Gasteiger partial charge in [-0.3, -0.25) is 0 Å². The van der Waals surface area contributed by atoms with Gasteiger partial charge in [0.15, 0.2) is 0 Å². The van der Waals surface area contributed by atoms with Gasteiger partial charge >= 0.3 is 0 Å². The third-order valence-electron chi connectivity index (χ3n) is 5.11. The molecule has 102 valence electrons. The Bertz CT molecular complexity index is 653. The number of fused-ring (bicyclic) bond motifs is 2. The van der Waals surface area contributed by atoms with E-state index in [9.17, 15) is 0 Å². The minimum Gasteiger partial charge on any atom is -0.0798 e. The molecule has 1 aromatic rings. The highest BCUT2D eigenvalue weighted by Crippen LogP contribution is 2.49. The number of allylic oxidation sites excluding steroid dienone is 6. The van der Waals surface area contributed by atoms with Crippen LogP contribution in [0.15, 0.2) is 41.5 Å². The lowest BCUT2D eigenvalue weighted by Crippen LogP contribution is -1.99. The Morgan fingerprint density at radius 2 is 2.05 bits per heavy atom. The zero-order valence-corrected chi connectivity index (χ0v) is 12.3. The van der Waals surface area contributed by atoms with Crippen LogP contribution in [0.1, 0.15) is 62.1 Å². The monoisotopic (exact) mass is 262 g/mol. The van der Waals surface area contributed by atoms with E-state index < -0.39 is 0 Å². The predicted octanol–water partition coefficient (Wildman–Crippen LogP) is 5.69. The van der Waals surface area contributed by atoms with Gasteiger partial charge in [-0.25, -0.2) is 0 Å². The number of rotatable bonds is 4. The second-order valence-electron chi connectivity index (χ2n) is 6.31. The SMILES string of the molecule is CCCCC1=C(c2cccc3c2C2=C(CC2)C3)CC=C1. The molecule has 0 atom stereocenters. The molecule has 0 aliphatic heterocycles. The van der Waals surface area contributed by atoms with Crippen LogP contribution in [0.4, 0.5) is 0 Å². The van der Waals surface area contributed by atoms with Crippen molar-refractivity contribution in [2.24, 2.45) is 0 Å². The maximum atomic E-state index is 2.37. The first-order chi connectivity index (χ1) is 9.88. The molecule has 0 N–H and O–H groups in total. The van der Waals surface area contributed by atoms with Crippen LogP contribution >= 0.6 is 0 Å². The molecule has 0 unspecified atom stereocenters. The van der Waals surface area contributed by atoms with Gasteiger partial charge in [0.25, 0.3) is 0 Å². The van der Waals surface area contributed by atoms with Crippen molar-refractivity contribution in [2.75, 3.05) is 0 Å². The first-order valence-corrected chi connectivity index (χ1v) is 8.10. The number of hydrogen-bond donors (Lipinski definition) is 0. The van der Waals surface area contributed by atoms with Gasteiger partial charge in [0, 0.05) is 0 Å². The van der Waals surface area contributed by atoms with Gasteiger partial charge in [-0.1, -0.05) is 49.3 Å². The normalized spacial score (nSPS) is 19.4. The van der Waals surface area contributed by atoms with Crippen molar-refractivity contribution in [3.8, 4) is 0 Å².